The second-order valence-corrected chi connectivity index (χ2v) is 7.11. The minimum atomic E-state index is -4.73. The molecule has 10 nitrogen and oxygen atoms in total. The van der Waals surface area contributed by atoms with Gasteiger partial charge in [-0.1, -0.05) is 45.4 Å². The van der Waals surface area contributed by atoms with Crippen molar-refractivity contribution >= 4 is 28.2 Å². The van der Waals surface area contributed by atoms with Crippen molar-refractivity contribution in [2.45, 2.75) is 70.6 Å². The molecule has 1 aliphatic rings. The van der Waals surface area contributed by atoms with Gasteiger partial charge in [0.1, 0.15) is 6.04 Å². The van der Waals surface area contributed by atoms with Crippen LogP contribution in [0.25, 0.3) is 0 Å². The SMILES string of the molecule is CCCCCCCCCC(=O)O[C@H]1NC(=O)[C@H](COS(=O)(=O)O)NC1=O. The van der Waals surface area contributed by atoms with Gasteiger partial charge in [0.05, 0.1) is 6.61 Å². The van der Waals surface area contributed by atoms with Gasteiger partial charge in [0, 0.05) is 6.42 Å². The fourth-order valence-corrected chi connectivity index (χ4v) is 2.69. The number of esters is 1. The number of amides is 2. The molecule has 150 valence electrons. The highest BCUT2D eigenvalue weighted by Gasteiger charge is 2.36. The quantitative estimate of drug-likeness (QED) is 0.245. The van der Waals surface area contributed by atoms with Gasteiger partial charge in [-0.2, -0.15) is 8.42 Å². The Kier molecular flexibility index (Phi) is 9.52. The Balaban J connectivity index is 2.28. The van der Waals surface area contributed by atoms with Crippen molar-refractivity contribution in [2.75, 3.05) is 6.61 Å². The molecular formula is C15H26N2O8S. The third-order valence-electron chi connectivity index (χ3n) is 3.76. The maximum Gasteiger partial charge on any atom is 0.397 e. The van der Waals surface area contributed by atoms with E-state index in [0.29, 0.717) is 6.42 Å². The topological polar surface area (TPSA) is 148 Å². The van der Waals surface area contributed by atoms with E-state index in [1.54, 1.807) is 0 Å². The van der Waals surface area contributed by atoms with Crippen molar-refractivity contribution in [1.82, 2.24) is 10.6 Å². The maximum atomic E-state index is 11.8. The van der Waals surface area contributed by atoms with Crippen molar-refractivity contribution in [1.29, 1.82) is 0 Å². The van der Waals surface area contributed by atoms with Crippen molar-refractivity contribution in [3.63, 3.8) is 0 Å². The Morgan fingerprint density at radius 1 is 1.04 bits per heavy atom. The second kappa shape index (κ2) is 11.1. The Hall–Kier alpha value is -1.72. The molecule has 1 heterocycles. The number of unbranched alkanes of at least 4 members (excludes halogenated alkanes) is 6. The number of hydrogen-bond acceptors (Lipinski definition) is 7. The summed E-state index contributed by atoms with van der Waals surface area (Å²) in [4.78, 5) is 35.3. The molecule has 0 spiro atoms. The first-order valence-electron chi connectivity index (χ1n) is 8.65. The molecule has 0 aromatic carbocycles. The number of hydrogen-bond donors (Lipinski definition) is 3. The number of piperazine rings is 1. The molecule has 0 radical (unpaired) electrons. The zero-order valence-electron chi connectivity index (χ0n) is 14.7. The van der Waals surface area contributed by atoms with Crippen LogP contribution in [0.15, 0.2) is 0 Å². The molecule has 0 aromatic heterocycles. The Bertz CT molecular complexity index is 592. The van der Waals surface area contributed by atoms with E-state index in [0.717, 1.165) is 19.3 Å². The first-order chi connectivity index (χ1) is 12.2. The van der Waals surface area contributed by atoms with Gasteiger partial charge in [-0.3, -0.25) is 18.9 Å². The van der Waals surface area contributed by atoms with Gasteiger partial charge in [-0.25, -0.2) is 4.18 Å². The largest absolute Gasteiger partial charge is 0.432 e. The van der Waals surface area contributed by atoms with Crippen molar-refractivity contribution in [2.24, 2.45) is 0 Å². The van der Waals surface area contributed by atoms with E-state index >= 15 is 0 Å². The average Bonchev–Trinajstić information content (AvgIpc) is 2.55. The Labute approximate surface area is 152 Å². The van der Waals surface area contributed by atoms with E-state index in [1.807, 2.05) is 0 Å². The van der Waals surface area contributed by atoms with Gasteiger partial charge in [0.25, 0.3) is 12.1 Å². The predicted octanol–water partition coefficient (Wildman–Crippen LogP) is 0.430. The lowest BCUT2D eigenvalue weighted by Gasteiger charge is -2.28. The summed E-state index contributed by atoms with van der Waals surface area (Å²) in [6.45, 7) is 1.37. The normalized spacial score (nSPS) is 20.4. The van der Waals surface area contributed by atoms with Crippen LogP contribution < -0.4 is 10.6 Å². The van der Waals surface area contributed by atoms with Crippen LogP contribution in [0.3, 0.4) is 0 Å². The molecule has 11 heteroatoms. The predicted molar refractivity (Wildman–Crippen MR) is 90.1 cm³/mol. The molecule has 1 fully saturated rings. The van der Waals surface area contributed by atoms with E-state index in [-0.39, 0.29) is 6.42 Å². The number of nitrogens with one attached hydrogen (secondary N) is 2. The fourth-order valence-electron chi connectivity index (χ4n) is 2.38. The maximum absolute atomic E-state index is 11.8. The van der Waals surface area contributed by atoms with Gasteiger partial charge in [-0.15, -0.1) is 0 Å². The molecule has 2 atom stereocenters. The molecular weight excluding hydrogens is 368 g/mol. The molecule has 26 heavy (non-hydrogen) atoms. The van der Waals surface area contributed by atoms with Gasteiger partial charge in [0.15, 0.2) is 0 Å². The van der Waals surface area contributed by atoms with E-state index in [2.05, 4.69) is 21.7 Å². The fraction of sp³-hybridized carbons (Fsp3) is 0.800. The van der Waals surface area contributed by atoms with E-state index < -0.39 is 47.1 Å². The van der Waals surface area contributed by atoms with Crippen molar-refractivity contribution < 1.29 is 36.3 Å². The molecule has 0 aromatic rings. The Morgan fingerprint density at radius 3 is 2.27 bits per heavy atom. The average molecular weight is 394 g/mol. The first kappa shape index (κ1) is 22.3. The monoisotopic (exact) mass is 394 g/mol. The molecule has 1 aliphatic heterocycles. The molecule has 1 rings (SSSR count). The zero-order chi connectivity index (χ0) is 19.6. The van der Waals surface area contributed by atoms with Gasteiger partial charge < -0.3 is 15.4 Å². The number of rotatable bonds is 12. The van der Waals surface area contributed by atoms with Gasteiger partial charge in [0.2, 0.25) is 5.91 Å². The molecule has 0 bridgehead atoms. The van der Waals surface area contributed by atoms with E-state index in [1.165, 1.54) is 19.3 Å². The lowest BCUT2D eigenvalue weighted by molar-refractivity contribution is -0.163. The molecule has 0 unspecified atom stereocenters. The summed E-state index contributed by atoms with van der Waals surface area (Å²) in [5, 5.41) is 4.32. The summed E-state index contributed by atoms with van der Waals surface area (Å²) >= 11 is 0. The summed E-state index contributed by atoms with van der Waals surface area (Å²) < 4.78 is 38.4. The smallest absolute Gasteiger partial charge is 0.397 e. The molecule has 3 N–H and O–H groups in total. The van der Waals surface area contributed by atoms with Crippen LogP contribution in [-0.4, -0.2) is 49.6 Å². The summed E-state index contributed by atoms with van der Waals surface area (Å²) in [7, 11) is -4.73. The zero-order valence-corrected chi connectivity index (χ0v) is 15.5. The van der Waals surface area contributed by atoms with Crippen LogP contribution in [0.5, 0.6) is 0 Å². The van der Waals surface area contributed by atoms with E-state index in [9.17, 15) is 22.8 Å². The van der Waals surface area contributed by atoms with Crippen LogP contribution in [0, 0.1) is 0 Å². The Morgan fingerprint density at radius 2 is 1.65 bits per heavy atom. The standard InChI is InChI=1S/C15H26N2O8S/c1-2-3-4-5-6-7-8-9-12(18)25-15-14(20)16-11(13(19)17-15)10-24-26(21,22)23/h11,15H,2-10H2,1H3,(H,16,20)(H,17,19)(H,21,22,23)/t11-,15+/m0/s1. The lowest BCUT2D eigenvalue weighted by atomic mass is 10.1. The summed E-state index contributed by atoms with van der Waals surface area (Å²) in [5.74, 6) is -2.20. The third kappa shape index (κ3) is 9.11. The summed E-state index contributed by atoms with van der Waals surface area (Å²) in [5.41, 5.74) is 0. The van der Waals surface area contributed by atoms with Crippen LogP contribution in [0.4, 0.5) is 0 Å². The van der Waals surface area contributed by atoms with Gasteiger partial charge in [-0.05, 0) is 6.42 Å². The molecule has 2 amide bonds. The van der Waals surface area contributed by atoms with Crippen molar-refractivity contribution in [3.05, 3.63) is 0 Å². The van der Waals surface area contributed by atoms with Crippen molar-refractivity contribution in [3.8, 4) is 0 Å². The molecule has 0 aliphatic carbocycles. The second-order valence-electron chi connectivity index (χ2n) is 6.02. The lowest BCUT2D eigenvalue weighted by Crippen LogP contribution is -2.64. The number of ether oxygens (including phenoxy) is 1. The minimum absolute atomic E-state index is 0.142. The summed E-state index contributed by atoms with van der Waals surface area (Å²) in [6, 6.07) is -1.32. The van der Waals surface area contributed by atoms with Crippen LogP contribution >= 0.6 is 0 Å². The highest BCUT2D eigenvalue weighted by atomic mass is 32.3. The van der Waals surface area contributed by atoms with E-state index in [4.69, 9.17) is 9.29 Å². The van der Waals surface area contributed by atoms with Gasteiger partial charge >= 0.3 is 16.4 Å². The highest BCUT2D eigenvalue weighted by molar-refractivity contribution is 7.80. The number of carbonyl (C=O) groups excluding carboxylic acids is 3. The number of carbonyl (C=O) groups is 3. The van der Waals surface area contributed by atoms with Crippen LogP contribution in [0.1, 0.15) is 58.3 Å². The van der Waals surface area contributed by atoms with Crippen LogP contribution in [-0.2, 0) is 33.7 Å². The minimum Gasteiger partial charge on any atom is -0.432 e. The molecule has 0 saturated carbocycles. The third-order valence-corrected chi connectivity index (χ3v) is 4.20. The molecule has 1 saturated heterocycles. The highest BCUT2D eigenvalue weighted by Crippen LogP contribution is 2.10. The van der Waals surface area contributed by atoms with Crippen LogP contribution in [0.2, 0.25) is 0 Å². The summed E-state index contributed by atoms with van der Waals surface area (Å²) in [6.07, 6.45) is 5.90. The first-order valence-corrected chi connectivity index (χ1v) is 10.0.